The van der Waals surface area contributed by atoms with E-state index in [1.807, 2.05) is 20.9 Å². The molecule has 1 atom stereocenters. The number of carbonyl (C=O) groups is 2. The van der Waals surface area contributed by atoms with Gasteiger partial charge in [-0.1, -0.05) is 0 Å². The molecule has 1 rings (SSSR count). The number of primary amides is 1. The second kappa shape index (κ2) is 8.30. The zero-order chi connectivity index (χ0) is 16.8. The van der Waals surface area contributed by atoms with Crippen molar-refractivity contribution < 1.29 is 19.1 Å². The van der Waals surface area contributed by atoms with Crippen molar-refractivity contribution in [2.45, 2.75) is 25.6 Å². The molecule has 1 saturated heterocycles. The number of nitrogens with two attached hydrogens (primary N) is 1. The maximum atomic E-state index is 12.3. The number of methoxy groups -OCH3 is 1. The number of nitrogens with zero attached hydrogens (tertiary/aromatic N) is 2. The molecule has 0 aromatic carbocycles. The van der Waals surface area contributed by atoms with Gasteiger partial charge in [0.25, 0.3) is 0 Å². The molecule has 8 nitrogen and oxygen atoms in total. The standard InChI is InChI=1S/C14H28N4O4/c1-14(2,21-4)10-16-13(20)18(9-12(15)19)8-11-7-17(3)5-6-22-11/h11H,5-10H2,1-4H3,(H2,15,19)(H,16,20). The minimum absolute atomic E-state index is 0.126. The third-order valence-corrected chi connectivity index (χ3v) is 3.62. The first-order chi connectivity index (χ1) is 10.2. The predicted octanol–water partition coefficient (Wildman–Crippen LogP) is -0.761. The largest absolute Gasteiger partial charge is 0.377 e. The summed E-state index contributed by atoms with van der Waals surface area (Å²) in [5, 5.41) is 2.77. The summed E-state index contributed by atoms with van der Waals surface area (Å²) in [5.74, 6) is -0.551. The van der Waals surface area contributed by atoms with Gasteiger partial charge in [0.15, 0.2) is 0 Å². The Bertz CT molecular complexity index is 389. The fourth-order valence-electron chi connectivity index (χ4n) is 2.10. The summed E-state index contributed by atoms with van der Waals surface area (Å²) in [7, 11) is 3.58. The Morgan fingerprint density at radius 3 is 2.73 bits per heavy atom. The van der Waals surface area contributed by atoms with E-state index in [9.17, 15) is 9.59 Å². The molecule has 1 heterocycles. The predicted molar refractivity (Wildman–Crippen MR) is 82.5 cm³/mol. The van der Waals surface area contributed by atoms with Crippen LogP contribution in [0.2, 0.25) is 0 Å². The Balaban J connectivity index is 2.58. The van der Waals surface area contributed by atoms with Crippen molar-refractivity contribution in [1.29, 1.82) is 0 Å². The molecule has 1 aliphatic heterocycles. The van der Waals surface area contributed by atoms with Gasteiger partial charge in [0.05, 0.1) is 24.9 Å². The number of hydrogen-bond acceptors (Lipinski definition) is 5. The van der Waals surface area contributed by atoms with Gasteiger partial charge in [-0.2, -0.15) is 0 Å². The van der Waals surface area contributed by atoms with Crippen LogP contribution in [0.5, 0.6) is 0 Å². The van der Waals surface area contributed by atoms with E-state index in [2.05, 4.69) is 10.2 Å². The molecule has 0 radical (unpaired) electrons. The first-order valence-electron chi connectivity index (χ1n) is 7.40. The van der Waals surface area contributed by atoms with Gasteiger partial charge in [0.1, 0.15) is 6.54 Å². The van der Waals surface area contributed by atoms with Crippen LogP contribution in [0.25, 0.3) is 0 Å². The molecule has 0 aromatic rings. The van der Waals surface area contributed by atoms with Crippen molar-refractivity contribution in [3.8, 4) is 0 Å². The van der Waals surface area contributed by atoms with Crippen molar-refractivity contribution in [3.05, 3.63) is 0 Å². The molecule has 3 N–H and O–H groups in total. The summed E-state index contributed by atoms with van der Waals surface area (Å²) in [6, 6.07) is -0.347. The number of hydrogen-bond donors (Lipinski definition) is 2. The normalized spacial score (nSPS) is 19.7. The lowest BCUT2D eigenvalue weighted by atomic mass is 10.1. The van der Waals surface area contributed by atoms with Crippen LogP contribution in [-0.2, 0) is 14.3 Å². The van der Waals surface area contributed by atoms with E-state index in [0.717, 1.165) is 6.54 Å². The summed E-state index contributed by atoms with van der Waals surface area (Å²) < 4.78 is 10.9. The SMILES string of the molecule is COC(C)(C)CNC(=O)N(CC(N)=O)CC1CN(C)CCO1. The molecular formula is C14H28N4O4. The number of amides is 3. The molecule has 0 aliphatic carbocycles. The molecule has 8 heteroatoms. The van der Waals surface area contributed by atoms with Gasteiger partial charge in [0, 0.05) is 26.7 Å². The Hall–Kier alpha value is -1.38. The lowest BCUT2D eigenvalue weighted by Gasteiger charge is -2.34. The average Bonchev–Trinajstić information content (AvgIpc) is 2.44. The number of nitrogens with one attached hydrogen (secondary N) is 1. The molecule has 3 amide bonds. The van der Waals surface area contributed by atoms with E-state index in [1.165, 1.54) is 4.90 Å². The maximum Gasteiger partial charge on any atom is 0.318 e. The lowest BCUT2D eigenvalue weighted by Crippen LogP contribution is -2.53. The lowest BCUT2D eigenvalue weighted by molar-refractivity contribution is -0.119. The van der Waals surface area contributed by atoms with Gasteiger partial charge >= 0.3 is 6.03 Å². The second-order valence-corrected chi connectivity index (χ2v) is 6.22. The number of urea groups is 1. The van der Waals surface area contributed by atoms with Crippen molar-refractivity contribution >= 4 is 11.9 Å². The molecule has 1 aliphatic rings. The number of morpholine rings is 1. The molecule has 1 unspecified atom stereocenters. The molecule has 0 saturated carbocycles. The van der Waals surface area contributed by atoms with Gasteiger partial charge in [-0.05, 0) is 20.9 Å². The highest BCUT2D eigenvalue weighted by Crippen LogP contribution is 2.07. The van der Waals surface area contributed by atoms with E-state index in [-0.39, 0.29) is 18.7 Å². The number of rotatable bonds is 7. The molecule has 0 bridgehead atoms. The van der Waals surface area contributed by atoms with Gasteiger partial charge in [0.2, 0.25) is 5.91 Å². The first-order valence-corrected chi connectivity index (χ1v) is 7.40. The van der Waals surface area contributed by atoms with Crippen LogP contribution in [0.1, 0.15) is 13.8 Å². The van der Waals surface area contributed by atoms with Crippen LogP contribution in [0, 0.1) is 0 Å². The van der Waals surface area contributed by atoms with E-state index in [0.29, 0.717) is 26.2 Å². The van der Waals surface area contributed by atoms with Crippen molar-refractivity contribution in [2.75, 3.05) is 53.5 Å². The van der Waals surface area contributed by atoms with Crippen molar-refractivity contribution in [2.24, 2.45) is 5.73 Å². The molecule has 22 heavy (non-hydrogen) atoms. The maximum absolute atomic E-state index is 12.3. The highest BCUT2D eigenvalue weighted by molar-refractivity contribution is 5.83. The smallest absolute Gasteiger partial charge is 0.318 e. The number of ether oxygens (including phenoxy) is 2. The van der Waals surface area contributed by atoms with Crippen LogP contribution in [-0.4, -0.2) is 86.9 Å². The summed E-state index contributed by atoms with van der Waals surface area (Å²) >= 11 is 0. The van der Waals surface area contributed by atoms with Crippen molar-refractivity contribution in [1.82, 2.24) is 15.1 Å². The van der Waals surface area contributed by atoms with Crippen LogP contribution in [0.3, 0.4) is 0 Å². The minimum Gasteiger partial charge on any atom is -0.377 e. The third kappa shape index (κ3) is 6.59. The Labute approximate surface area is 131 Å². The van der Waals surface area contributed by atoms with Crippen molar-refractivity contribution in [3.63, 3.8) is 0 Å². The fourth-order valence-corrected chi connectivity index (χ4v) is 2.10. The highest BCUT2D eigenvalue weighted by Gasteiger charge is 2.26. The third-order valence-electron chi connectivity index (χ3n) is 3.62. The van der Waals surface area contributed by atoms with Gasteiger partial charge in [-0.25, -0.2) is 4.79 Å². The molecular weight excluding hydrogens is 288 g/mol. The number of likely N-dealkylation sites (N-methyl/N-ethyl adjacent to an activating group) is 1. The topological polar surface area (TPSA) is 97.1 Å². The second-order valence-electron chi connectivity index (χ2n) is 6.22. The quantitative estimate of drug-likeness (QED) is 0.643. The zero-order valence-electron chi connectivity index (χ0n) is 13.9. The van der Waals surface area contributed by atoms with Crippen LogP contribution < -0.4 is 11.1 Å². The summed E-state index contributed by atoms with van der Waals surface area (Å²) in [6.07, 6.45) is -0.126. The van der Waals surface area contributed by atoms with E-state index in [1.54, 1.807) is 7.11 Å². The average molecular weight is 316 g/mol. The van der Waals surface area contributed by atoms with Gasteiger partial charge in [-0.15, -0.1) is 0 Å². The van der Waals surface area contributed by atoms with E-state index < -0.39 is 11.5 Å². The van der Waals surface area contributed by atoms with Gasteiger partial charge < -0.3 is 30.3 Å². The fraction of sp³-hybridized carbons (Fsp3) is 0.857. The Kier molecular flexibility index (Phi) is 7.05. The van der Waals surface area contributed by atoms with E-state index in [4.69, 9.17) is 15.2 Å². The van der Waals surface area contributed by atoms with E-state index >= 15 is 0 Å². The van der Waals surface area contributed by atoms with Crippen LogP contribution in [0.4, 0.5) is 4.79 Å². The molecule has 0 aromatic heterocycles. The highest BCUT2D eigenvalue weighted by atomic mass is 16.5. The summed E-state index contributed by atoms with van der Waals surface area (Å²) in [5.41, 5.74) is 4.76. The van der Waals surface area contributed by atoms with Crippen LogP contribution in [0.15, 0.2) is 0 Å². The molecule has 128 valence electrons. The number of carbonyl (C=O) groups excluding carboxylic acids is 2. The minimum atomic E-state index is -0.551. The summed E-state index contributed by atoms with van der Waals surface area (Å²) in [6.45, 7) is 6.45. The van der Waals surface area contributed by atoms with Crippen LogP contribution >= 0.6 is 0 Å². The zero-order valence-corrected chi connectivity index (χ0v) is 13.9. The first kappa shape index (κ1) is 18.7. The van der Waals surface area contributed by atoms with Gasteiger partial charge in [-0.3, -0.25) is 4.79 Å². The molecule has 1 fully saturated rings. The Morgan fingerprint density at radius 2 is 2.18 bits per heavy atom. The monoisotopic (exact) mass is 316 g/mol. The summed E-state index contributed by atoms with van der Waals surface area (Å²) in [4.78, 5) is 27.0. The Morgan fingerprint density at radius 1 is 1.50 bits per heavy atom. The molecule has 0 spiro atoms.